The number of nitrogens with zero attached hydrogens (tertiary/aromatic N) is 2. The average molecular weight is 880 g/mol. The van der Waals surface area contributed by atoms with Crippen LogP contribution in [0.25, 0.3) is 10.8 Å². The second-order valence-electron chi connectivity index (χ2n) is 17.7. The summed E-state index contributed by atoms with van der Waals surface area (Å²) in [6.45, 7) is 4.20. The lowest BCUT2D eigenvalue weighted by atomic mass is 9.85. The molecular weight excluding hydrogens is 827 g/mol. The van der Waals surface area contributed by atoms with E-state index in [2.05, 4.69) is 10.6 Å². The van der Waals surface area contributed by atoms with Crippen molar-refractivity contribution in [3.8, 4) is 11.6 Å². The molecule has 0 radical (unpaired) electrons. The van der Waals surface area contributed by atoms with Crippen LogP contribution >= 0.6 is 0 Å². The number of aryl methyl sites for hydroxylation is 1. The molecule has 0 spiro atoms. The van der Waals surface area contributed by atoms with Crippen LogP contribution in [0.3, 0.4) is 0 Å². The van der Waals surface area contributed by atoms with Crippen molar-refractivity contribution in [3.63, 3.8) is 0 Å². The molecule has 19 heteroatoms. The van der Waals surface area contributed by atoms with Gasteiger partial charge in [0, 0.05) is 23.1 Å². The van der Waals surface area contributed by atoms with Crippen molar-refractivity contribution >= 4 is 44.6 Å². The van der Waals surface area contributed by atoms with E-state index in [1.807, 2.05) is 29.9 Å². The molecule has 4 heterocycles. The molecule has 3 aliphatic heterocycles. The number of hydrogen-bond acceptors (Lipinski definition) is 10. The van der Waals surface area contributed by atoms with Crippen LogP contribution in [0.15, 0.2) is 36.4 Å². The Morgan fingerprint density at radius 2 is 1.84 bits per heavy atom. The molecule has 1 aromatic heterocycles. The first kappa shape index (κ1) is 44.4. The summed E-state index contributed by atoms with van der Waals surface area (Å²) in [5.41, 5.74) is -4.00. The van der Waals surface area contributed by atoms with E-state index in [-0.39, 0.29) is 44.0 Å². The molecule has 14 nitrogen and oxygen atoms in total. The van der Waals surface area contributed by atoms with Gasteiger partial charge in [-0.3, -0.25) is 19.1 Å². The first-order valence-electron chi connectivity index (χ1n) is 20.9. The number of rotatable bonds is 9. The number of hydrogen-bond donors (Lipinski definition) is 3. The maximum atomic E-state index is 15.0. The van der Waals surface area contributed by atoms with E-state index in [4.69, 9.17) is 19.2 Å². The minimum absolute atomic E-state index is 0.0192. The summed E-state index contributed by atoms with van der Waals surface area (Å²) in [4.78, 5) is 62.9. The highest BCUT2D eigenvalue weighted by Crippen LogP contribution is 2.48. The zero-order valence-electron chi connectivity index (χ0n) is 34.6. The smallest absolute Gasteiger partial charge is 0.427 e. The summed E-state index contributed by atoms with van der Waals surface area (Å²) in [7, 11) is -4.47. The molecule has 5 aliphatic rings. The van der Waals surface area contributed by atoms with Gasteiger partial charge in [-0.1, -0.05) is 50.6 Å². The number of carbonyl (C=O) groups excluding carboxylic acids is 4. The van der Waals surface area contributed by atoms with Crippen LogP contribution in [0, 0.1) is 17.8 Å². The molecule has 61 heavy (non-hydrogen) atoms. The number of aromatic nitrogens is 1. The standard InChI is InChI=1S/C42H53F4N5O9S/c1-5-25-19-24(2)11-6-7-12-26-21-41(26,37(54)50-61(56,57)40(23-43)16-17-40)49-34(52)31-20-27(22-51(31)36(53)32(25)48-38(55)60-39(3,4)42(44,45)46)59-35-29-14-9-8-13-28(29)33-30(47-35)15-10-18-58-33/h7-9,12-14,24-27,31-32H,5-6,10-11,15-23H2,1-4H3,(H,48,55)(H,49,52)(H,50,54)/b12-7-/t24-,25+,26+,27+,31-,32?,41+/m0/s1. The molecule has 7 atom stereocenters. The van der Waals surface area contributed by atoms with Crippen molar-refractivity contribution in [1.29, 1.82) is 0 Å². The van der Waals surface area contributed by atoms with Crippen molar-refractivity contribution in [1.82, 2.24) is 25.2 Å². The van der Waals surface area contributed by atoms with Gasteiger partial charge in [0.25, 0.3) is 5.91 Å². The van der Waals surface area contributed by atoms with Crippen LogP contribution < -0.4 is 24.8 Å². The summed E-state index contributed by atoms with van der Waals surface area (Å²) < 4.78 is 99.6. The highest BCUT2D eigenvalue weighted by Gasteiger charge is 2.64. The van der Waals surface area contributed by atoms with Gasteiger partial charge in [0.15, 0.2) is 0 Å². The molecule has 334 valence electrons. The van der Waals surface area contributed by atoms with E-state index < -0.39 is 92.6 Å². The number of ether oxygens (including phenoxy) is 3. The van der Waals surface area contributed by atoms with Crippen LogP contribution in [-0.2, 0) is 35.6 Å². The maximum absolute atomic E-state index is 15.0. The topological polar surface area (TPSA) is 182 Å². The summed E-state index contributed by atoms with van der Waals surface area (Å²) in [6.07, 6.45) is -0.699. The van der Waals surface area contributed by atoms with Crippen LogP contribution in [0.5, 0.6) is 11.6 Å². The van der Waals surface area contributed by atoms with E-state index in [1.54, 1.807) is 25.1 Å². The molecule has 0 bridgehead atoms. The lowest BCUT2D eigenvalue weighted by Gasteiger charge is -2.35. The van der Waals surface area contributed by atoms with Gasteiger partial charge in [0.1, 0.15) is 40.9 Å². The van der Waals surface area contributed by atoms with Crippen LogP contribution in [-0.4, -0.2) is 102 Å². The molecule has 2 aromatic rings. The van der Waals surface area contributed by atoms with Gasteiger partial charge in [0.2, 0.25) is 33.3 Å². The Hall–Kier alpha value is -4.68. The fraction of sp³-hybridized carbons (Fsp3) is 0.643. The number of amides is 4. The summed E-state index contributed by atoms with van der Waals surface area (Å²) in [5, 5.41) is 6.55. The van der Waals surface area contributed by atoms with Gasteiger partial charge in [-0.2, -0.15) is 13.2 Å². The Bertz CT molecular complexity index is 2200. The Morgan fingerprint density at radius 3 is 2.51 bits per heavy atom. The van der Waals surface area contributed by atoms with Crippen LogP contribution in [0.4, 0.5) is 22.4 Å². The predicted molar refractivity (Wildman–Crippen MR) is 214 cm³/mol. The molecule has 2 aliphatic carbocycles. The Morgan fingerprint density at radius 1 is 1.11 bits per heavy atom. The fourth-order valence-electron chi connectivity index (χ4n) is 8.66. The second-order valence-corrected chi connectivity index (χ2v) is 19.8. The number of allylic oxidation sites excluding steroid dienone is 1. The lowest BCUT2D eigenvalue weighted by Crippen LogP contribution is -2.60. The number of nitrogens with one attached hydrogen (secondary N) is 3. The number of pyridine rings is 1. The molecule has 1 aromatic carbocycles. The SMILES string of the molecule is CC[C@@H]1C[C@@H](C)CC/C=C\[C@@H]2C[C@@]2(C(=O)NS(=O)(=O)C2(CF)CC2)NC(=O)[C@@H]2C[C@@H](Oc3nc4c(c5ccccc35)OCCC4)CN2C(=O)C1NC(=O)OC(C)(C)C(F)(F)F. The number of fused-ring (bicyclic) bond motifs is 5. The van der Waals surface area contributed by atoms with Gasteiger partial charge in [-0.25, -0.2) is 22.6 Å². The van der Waals surface area contributed by atoms with Gasteiger partial charge in [-0.15, -0.1) is 0 Å². The van der Waals surface area contributed by atoms with Crippen molar-refractivity contribution in [3.05, 3.63) is 42.1 Å². The van der Waals surface area contributed by atoms with Crippen molar-refractivity contribution in [2.45, 2.75) is 132 Å². The number of alkyl carbamates (subject to hydrolysis) is 1. The van der Waals surface area contributed by atoms with E-state index in [0.29, 0.717) is 69.4 Å². The lowest BCUT2D eigenvalue weighted by molar-refractivity contribution is -0.244. The van der Waals surface area contributed by atoms with Gasteiger partial charge in [-0.05, 0) is 83.1 Å². The number of sulfonamides is 1. The summed E-state index contributed by atoms with van der Waals surface area (Å²) in [6, 6.07) is 4.49. The number of halogens is 4. The van der Waals surface area contributed by atoms with Gasteiger partial charge < -0.3 is 29.7 Å². The van der Waals surface area contributed by atoms with Crippen LogP contribution in [0.2, 0.25) is 0 Å². The molecule has 3 fully saturated rings. The van der Waals surface area contributed by atoms with Crippen molar-refractivity contribution in [2.75, 3.05) is 19.8 Å². The molecular formula is C42H53F4N5O9S. The summed E-state index contributed by atoms with van der Waals surface area (Å²) in [5.74, 6) is -3.12. The van der Waals surface area contributed by atoms with E-state index in [9.17, 15) is 45.2 Å². The van der Waals surface area contributed by atoms with E-state index >= 15 is 0 Å². The van der Waals surface area contributed by atoms with Crippen LogP contribution in [0.1, 0.15) is 91.2 Å². The van der Waals surface area contributed by atoms with E-state index in [0.717, 1.165) is 11.8 Å². The molecule has 2 saturated carbocycles. The third-order valence-electron chi connectivity index (χ3n) is 12.9. The first-order chi connectivity index (χ1) is 28.7. The quantitative estimate of drug-likeness (QED) is 0.213. The third-order valence-corrected chi connectivity index (χ3v) is 15.0. The zero-order valence-corrected chi connectivity index (χ0v) is 35.4. The highest BCUT2D eigenvalue weighted by molar-refractivity contribution is 7.91. The zero-order chi connectivity index (χ0) is 44.1. The van der Waals surface area contributed by atoms with Crippen molar-refractivity contribution in [2.24, 2.45) is 17.8 Å². The fourth-order valence-corrected chi connectivity index (χ4v) is 10.1. The average Bonchev–Trinajstić information content (AvgIpc) is 4.11. The van der Waals surface area contributed by atoms with E-state index in [1.165, 1.54) is 4.90 Å². The minimum Gasteiger partial charge on any atom is -0.491 e. The summed E-state index contributed by atoms with van der Waals surface area (Å²) >= 11 is 0. The second kappa shape index (κ2) is 16.5. The largest absolute Gasteiger partial charge is 0.491 e. The predicted octanol–water partition coefficient (Wildman–Crippen LogP) is 5.57. The molecule has 4 amide bonds. The molecule has 3 N–H and O–H groups in total. The first-order valence-corrected chi connectivity index (χ1v) is 22.4. The number of carbonyl (C=O) groups is 4. The Kier molecular flexibility index (Phi) is 12.0. The number of benzene rings is 1. The van der Waals surface area contributed by atoms with Gasteiger partial charge >= 0.3 is 12.3 Å². The number of alkyl halides is 4. The minimum atomic E-state index is -4.93. The molecule has 1 saturated heterocycles. The normalized spacial score (nSPS) is 29.6. The molecule has 7 rings (SSSR count). The Labute approximate surface area is 351 Å². The monoisotopic (exact) mass is 879 g/mol. The Balaban J connectivity index is 1.25. The highest BCUT2D eigenvalue weighted by atomic mass is 32.2. The van der Waals surface area contributed by atoms with Gasteiger partial charge in [0.05, 0.1) is 18.8 Å². The maximum Gasteiger partial charge on any atom is 0.427 e. The molecule has 1 unspecified atom stereocenters. The van der Waals surface area contributed by atoms with Crippen molar-refractivity contribution < 1.29 is 59.4 Å². The third kappa shape index (κ3) is 8.72.